The van der Waals surface area contributed by atoms with E-state index in [1.54, 1.807) is 23.5 Å². The van der Waals surface area contributed by atoms with Crippen LogP contribution in [-0.4, -0.2) is 53.2 Å². The average molecular weight is 438 g/mol. The molecule has 8 nitrogen and oxygen atoms in total. The summed E-state index contributed by atoms with van der Waals surface area (Å²) in [6.45, 7) is 0. The van der Waals surface area contributed by atoms with Crippen molar-refractivity contribution in [1.29, 1.82) is 0 Å². The number of hydrogen-bond donors (Lipinski definition) is 1. The number of amides is 1. The molecule has 0 aliphatic carbocycles. The van der Waals surface area contributed by atoms with Crippen LogP contribution < -0.4 is 5.32 Å². The van der Waals surface area contributed by atoms with Gasteiger partial charge in [0.25, 0.3) is 0 Å². The van der Waals surface area contributed by atoms with Crippen LogP contribution in [0.2, 0.25) is 0 Å². The highest BCUT2D eigenvalue weighted by atomic mass is 32.2. The van der Waals surface area contributed by atoms with E-state index in [2.05, 4.69) is 15.5 Å². The predicted octanol–water partition coefficient (Wildman–Crippen LogP) is 2.52. The number of benzene rings is 1. The zero-order valence-electron chi connectivity index (χ0n) is 15.5. The van der Waals surface area contributed by atoms with Gasteiger partial charge in [-0.05, 0) is 29.6 Å². The molecule has 3 rings (SSSR count). The molecule has 2 aromatic heterocycles. The molecule has 2 heterocycles. The first-order valence-electron chi connectivity index (χ1n) is 8.17. The van der Waals surface area contributed by atoms with Crippen LogP contribution in [0.15, 0.2) is 51.8 Å². The van der Waals surface area contributed by atoms with Crippen molar-refractivity contribution in [2.45, 2.75) is 10.1 Å². The molecule has 0 fully saturated rings. The summed E-state index contributed by atoms with van der Waals surface area (Å²) in [6, 6.07) is 10.1. The smallest absolute Gasteiger partial charge is 0.242 e. The van der Waals surface area contributed by atoms with Gasteiger partial charge in [0.05, 0.1) is 15.5 Å². The third-order valence-corrected chi connectivity index (χ3v) is 7.50. The molecular formula is C17H19N5O3S3. The lowest BCUT2D eigenvalue weighted by atomic mass is 10.3. The number of carbonyl (C=O) groups is 1. The second-order valence-corrected chi connectivity index (χ2v) is 10.0. The molecule has 0 aliphatic rings. The molecule has 11 heteroatoms. The Morgan fingerprint density at radius 1 is 1.25 bits per heavy atom. The van der Waals surface area contributed by atoms with Gasteiger partial charge in [-0.1, -0.05) is 23.9 Å². The van der Waals surface area contributed by atoms with Gasteiger partial charge in [-0.15, -0.1) is 21.5 Å². The predicted molar refractivity (Wildman–Crippen MR) is 111 cm³/mol. The lowest BCUT2D eigenvalue weighted by Crippen LogP contribution is -2.22. The minimum absolute atomic E-state index is 0.122. The third kappa shape index (κ3) is 4.43. The van der Waals surface area contributed by atoms with E-state index in [0.29, 0.717) is 10.8 Å². The number of anilines is 1. The van der Waals surface area contributed by atoms with Crippen molar-refractivity contribution >= 4 is 44.7 Å². The molecular weight excluding hydrogens is 418 g/mol. The molecule has 0 bridgehead atoms. The maximum atomic E-state index is 12.3. The Balaban J connectivity index is 1.64. The highest BCUT2D eigenvalue weighted by Gasteiger charge is 2.18. The summed E-state index contributed by atoms with van der Waals surface area (Å²) in [5, 5.41) is 13.6. The van der Waals surface area contributed by atoms with Crippen LogP contribution in [0.3, 0.4) is 0 Å². The third-order valence-electron chi connectivity index (χ3n) is 3.81. The summed E-state index contributed by atoms with van der Waals surface area (Å²) in [4.78, 5) is 13.4. The Morgan fingerprint density at radius 3 is 2.71 bits per heavy atom. The topological polar surface area (TPSA) is 97.2 Å². The number of carbonyl (C=O) groups excluding carboxylic acids is 1. The van der Waals surface area contributed by atoms with Crippen molar-refractivity contribution < 1.29 is 13.2 Å². The fourth-order valence-electron chi connectivity index (χ4n) is 2.33. The summed E-state index contributed by atoms with van der Waals surface area (Å²) >= 11 is 2.83. The first-order chi connectivity index (χ1) is 13.3. The number of aromatic nitrogens is 3. The number of nitrogens with zero attached hydrogens (tertiary/aromatic N) is 4. The van der Waals surface area contributed by atoms with Crippen molar-refractivity contribution in [3.05, 3.63) is 41.8 Å². The number of thiophene rings is 1. The minimum Gasteiger partial charge on any atom is -0.325 e. The van der Waals surface area contributed by atoms with E-state index < -0.39 is 10.0 Å². The minimum atomic E-state index is -3.56. The maximum Gasteiger partial charge on any atom is 0.242 e. The number of sulfonamides is 1. The maximum absolute atomic E-state index is 12.3. The molecule has 1 N–H and O–H groups in total. The van der Waals surface area contributed by atoms with Gasteiger partial charge in [-0.2, -0.15) is 0 Å². The SMILES string of the molecule is CN(C)S(=O)(=O)c1cccc(NC(=O)CSc2nnc(-c3cccs3)n2C)c1. The van der Waals surface area contributed by atoms with E-state index in [1.807, 2.05) is 29.1 Å². The van der Waals surface area contributed by atoms with Crippen molar-refractivity contribution in [2.75, 3.05) is 25.2 Å². The summed E-state index contributed by atoms with van der Waals surface area (Å²) in [7, 11) is 1.22. The van der Waals surface area contributed by atoms with Crippen LogP contribution in [0.25, 0.3) is 10.7 Å². The summed E-state index contributed by atoms with van der Waals surface area (Å²) < 4.78 is 27.4. The zero-order valence-corrected chi connectivity index (χ0v) is 17.9. The largest absolute Gasteiger partial charge is 0.325 e. The van der Waals surface area contributed by atoms with Crippen LogP contribution >= 0.6 is 23.1 Å². The molecule has 28 heavy (non-hydrogen) atoms. The molecule has 0 unspecified atom stereocenters. The Hall–Kier alpha value is -2.21. The number of thioether (sulfide) groups is 1. The molecule has 0 atom stereocenters. The van der Waals surface area contributed by atoms with Gasteiger partial charge in [0.2, 0.25) is 15.9 Å². The highest BCUT2D eigenvalue weighted by molar-refractivity contribution is 7.99. The average Bonchev–Trinajstić information content (AvgIpc) is 3.30. The fraction of sp³-hybridized carbons (Fsp3) is 0.235. The Labute approximate surface area is 171 Å². The van der Waals surface area contributed by atoms with Crippen molar-refractivity contribution in [3.8, 4) is 10.7 Å². The molecule has 0 aliphatic heterocycles. The monoisotopic (exact) mass is 437 g/mol. The molecule has 0 saturated carbocycles. The van der Waals surface area contributed by atoms with Crippen LogP contribution in [-0.2, 0) is 21.9 Å². The van der Waals surface area contributed by atoms with Gasteiger partial charge in [-0.25, -0.2) is 12.7 Å². The Kier molecular flexibility index (Phi) is 6.18. The number of rotatable bonds is 7. The number of nitrogens with one attached hydrogen (secondary N) is 1. The van der Waals surface area contributed by atoms with Gasteiger partial charge in [0, 0.05) is 26.8 Å². The van der Waals surface area contributed by atoms with E-state index in [0.717, 1.165) is 15.0 Å². The standard InChI is InChI=1S/C17H19N5O3S3/c1-21(2)28(24,25)13-7-4-6-12(10-13)18-15(23)11-27-17-20-19-16(22(17)3)14-8-5-9-26-14/h4-10H,11H2,1-3H3,(H,18,23). The van der Waals surface area contributed by atoms with E-state index in [1.165, 1.54) is 38.0 Å². The van der Waals surface area contributed by atoms with Crippen LogP contribution in [0.4, 0.5) is 5.69 Å². The van der Waals surface area contributed by atoms with Gasteiger partial charge in [0.1, 0.15) is 0 Å². The normalized spacial score (nSPS) is 11.7. The van der Waals surface area contributed by atoms with Gasteiger partial charge in [0.15, 0.2) is 11.0 Å². The second kappa shape index (κ2) is 8.43. The molecule has 0 radical (unpaired) electrons. The van der Waals surface area contributed by atoms with Crippen LogP contribution in [0.5, 0.6) is 0 Å². The van der Waals surface area contributed by atoms with E-state index in [9.17, 15) is 13.2 Å². The highest BCUT2D eigenvalue weighted by Crippen LogP contribution is 2.26. The molecule has 3 aromatic rings. The zero-order chi connectivity index (χ0) is 20.3. The lowest BCUT2D eigenvalue weighted by molar-refractivity contribution is -0.113. The first-order valence-corrected chi connectivity index (χ1v) is 11.5. The van der Waals surface area contributed by atoms with Gasteiger partial charge < -0.3 is 9.88 Å². The Morgan fingerprint density at radius 2 is 2.04 bits per heavy atom. The summed E-state index contributed by atoms with van der Waals surface area (Å²) in [5.41, 5.74) is 0.422. The summed E-state index contributed by atoms with van der Waals surface area (Å²) in [6.07, 6.45) is 0. The quantitative estimate of drug-likeness (QED) is 0.571. The first kappa shape index (κ1) is 20.5. The van der Waals surface area contributed by atoms with Crippen LogP contribution in [0, 0.1) is 0 Å². The van der Waals surface area contributed by atoms with Crippen molar-refractivity contribution in [1.82, 2.24) is 19.1 Å². The number of hydrogen-bond acceptors (Lipinski definition) is 7. The molecule has 1 amide bonds. The molecule has 0 saturated heterocycles. The van der Waals surface area contributed by atoms with Crippen LogP contribution in [0.1, 0.15) is 0 Å². The van der Waals surface area contributed by atoms with Crippen molar-refractivity contribution in [3.63, 3.8) is 0 Å². The second-order valence-electron chi connectivity index (χ2n) is 5.99. The van der Waals surface area contributed by atoms with Crippen molar-refractivity contribution in [2.24, 2.45) is 7.05 Å². The van der Waals surface area contributed by atoms with Gasteiger partial charge in [-0.3, -0.25) is 4.79 Å². The molecule has 1 aromatic carbocycles. The lowest BCUT2D eigenvalue weighted by Gasteiger charge is -2.12. The Bertz CT molecular complexity index is 1080. The van der Waals surface area contributed by atoms with E-state index >= 15 is 0 Å². The van der Waals surface area contributed by atoms with E-state index in [-0.39, 0.29) is 16.6 Å². The molecule has 0 spiro atoms. The fourth-order valence-corrected chi connectivity index (χ4v) is 4.74. The van der Waals surface area contributed by atoms with E-state index in [4.69, 9.17) is 0 Å². The van der Waals surface area contributed by atoms with Gasteiger partial charge >= 0.3 is 0 Å². The summed E-state index contributed by atoms with van der Waals surface area (Å²) in [5.74, 6) is 0.616. The molecule has 148 valence electrons.